The van der Waals surface area contributed by atoms with Crippen LogP contribution in [0.15, 0.2) is 12.1 Å². The third-order valence-corrected chi connectivity index (χ3v) is 5.75. The summed E-state index contributed by atoms with van der Waals surface area (Å²) in [5.41, 5.74) is 1.32. The highest BCUT2D eigenvalue weighted by atomic mass is 19.3. The normalized spacial score (nSPS) is 14.8. The first-order valence-electron chi connectivity index (χ1n) is 12.1. The molecule has 34 heavy (non-hydrogen) atoms. The summed E-state index contributed by atoms with van der Waals surface area (Å²) in [6, 6.07) is 4.00. The number of pyridine rings is 1. The average molecular weight is 484 g/mol. The van der Waals surface area contributed by atoms with E-state index in [-0.39, 0.29) is 24.5 Å². The lowest BCUT2D eigenvalue weighted by Gasteiger charge is -2.31. The molecule has 0 fully saturated rings. The minimum absolute atomic E-state index is 0.310. The van der Waals surface area contributed by atoms with E-state index < -0.39 is 12.0 Å². The van der Waals surface area contributed by atoms with Gasteiger partial charge in [-0.1, -0.05) is 13.0 Å². The van der Waals surface area contributed by atoms with Crippen molar-refractivity contribution in [2.45, 2.75) is 78.2 Å². The van der Waals surface area contributed by atoms with Crippen molar-refractivity contribution >= 4 is 17.9 Å². The molecule has 7 nitrogen and oxygen atoms in total. The van der Waals surface area contributed by atoms with Gasteiger partial charge in [0.25, 0.3) is 6.43 Å². The molecule has 0 N–H and O–H groups in total. The zero-order chi connectivity index (χ0) is 25.3. The van der Waals surface area contributed by atoms with E-state index in [9.17, 15) is 18.4 Å². The maximum absolute atomic E-state index is 13.0. The fourth-order valence-electron chi connectivity index (χ4n) is 3.94. The van der Waals surface area contributed by atoms with Gasteiger partial charge in [0, 0.05) is 12.2 Å². The van der Waals surface area contributed by atoms with Crippen LogP contribution in [0.2, 0.25) is 0 Å². The zero-order valence-corrected chi connectivity index (χ0v) is 21.1. The molecule has 1 aromatic heterocycles. The second-order valence-corrected chi connectivity index (χ2v) is 9.88. The Morgan fingerprint density at radius 2 is 1.94 bits per heavy atom. The predicted octanol–water partition coefficient (Wildman–Crippen LogP) is 4.86. The molecule has 0 aliphatic carbocycles. The number of anilines is 1. The van der Waals surface area contributed by atoms with Gasteiger partial charge in [-0.05, 0) is 84.0 Å². The molecule has 0 unspecified atom stereocenters. The maximum atomic E-state index is 13.0. The first-order chi connectivity index (χ1) is 16.0. The molecule has 0 saturated carbocycles. The number of alkyl halides is 2. The van der Waals surface area contributed by atoms with Gasteiger partial charge in [-0.15, -0.1) is 0 Å². The van der Waals surface area contributed by atoms with Gasteiger partial charge in [0.15, 0.2) is 0 Å². The number of nitrogens with zero attached hydrogens (tertiary/aromatic N) is 3. The van der Waals surface area contributed by atoms with Gasteiger partial charge < -0.3 is 9.47 Å². The molecule has 1 atom stereocenters. The van der Waals surface area contributed by atoms with E-state index in [1.165, 1.54) is 7.11 Å². The molecule has 0 spiro atoms. The number of methoxy groups -OCH3 is 1. The van der Waals surface area contributed by atoms with Crippen molar-refractivity contribution in [1.82, 2.24) is 9.88 Å². The molecule has 0 aromatic carbocycles. The Hall–Kier alpha value is -2.29. The summed E-state index contributed by atoms with van der Waals surface area (Å²) in [7, 11) is 1.33. The third kappa shape index (κ3) is 9.16. The lowest BCUT2D eigenvalue weighted by molar-refractivity contribution is -0.145. The molecule has 1 aromatic rings. The van der Waals surface area contributed by atoms with Crippen molar-refractivity contribution in [2.75, 3.05) is 38.2 Å². The van der Waals surface area contributed by atoms with Crippen LogP contribution in [0.3, 0.4) is 0 Å². The second kappa shape index (κ2) is 13.0. The van der Waals surface area contributed by atoms with Gasteiger partial charge in [-0.3, -0.25) is 14.6 Å². The van der Waals surface area contributed by atoms with E-state index in [1.807, 2.05) is 32.9 Å². The molecule has 192 valence electrons. The van der Waals surface area contributed by atoms with Crippen LogP contribution < -0.4 is 4.90 Å². The third-order valence-electron chi connectivity index (χ3n) is 5.75. The fraction of sp³-hybridized carbons (Fsp3) is 0.720. The molecule has 2 heterocycles. The number of hydrogen-bond acceptors (Lipinski definition) is 6. The summed E-state index contributed by atoms with van der Waals surface area (Å²) in [5, 5.41) is 0. The maximum Gasteiger partial charge on any atom is 0.416 e. The monoisotopic (exact) mass is 483 g/mol. The molecule has 1 amide bonds. The van der Waals surface area contributed by atoms with Gasteiger partial charge in [-0.2, -0.15) is 0 Å². The number of fused-ring (bicyclic) bond motifs is 1. The minimum Gasteiger partial charge on any atom is -0.469 e. The number of aromatic nitrogens is 1. The van der Waals surface area contributed by atoms with Crippen LogP contribution in [-0.2, 0) is 27.1 Å². The van der Waals surface area contributed by atoms with E-state index in [4.69, 9.17) is 14.5 Å². The predicted molar refractivity (Wildman–Crippen MR) is 127 cm³/mol. The van der Waals surface area contributed by atoms with Crippen LogP contribution in [0.5, 0.6) is 0 Å². The number of esters is 1. The lowest BCUT2D eigenvalue weighted by atomic mass is 10.0. The highest BCUT2D eigenvalue weighted by Gasteiger charge is 2.28. The summed E-state index contributed by atoms with van der Waals surface area (Å²) in [6.45, 7) is 8.47. The second-order valence-electron chi connectivity index (χ2n) is 9.88. The lowest BCUT2D eigenvalue weighted by Crippen LogP contribution is -2.40. The van der Waals surface area contributed by atoms with Crippen molar-refractivity contribution < 1.29 is 27.8 Å². The highest BCUT2D eigenvalue weighted by Crippen LogP contribution is 2.27. The first-order valence-corrected chi connectivity index (χ1v) is 12.1. The Morgan fingerprint density at radius 1 is 1.21 bits per heavy atom. The Balaban J connectivity index is 1.91. The van der Waals surface area contributed by atoms with Crippen molar-refractivity contribution in [3.05, 3.63) is 23.4 Å². The molecule has 1 aliphatic heterocycles. The van der Waals surface area contributed by atoms with Crippen LogP contribution in [-0.4, -0.2) is 67.3 Å². The van der Waals surface area contributed by atoms with Crippen molar-refractivity contribution in [3.63, 3.8) is 0 Å². The summed E-state index contributed by atoms with van der Waals surface area (Å²) in [5.74, 6) is 0.0165. The molecule has 9 heteroatoms. The number of halogens is 2. The number of carbonyl (C=O) groups is 2. The average Bonchev–Trinajstić information content (AvgIpc) is 2.77. The van der Waals surface area contributed by atoms with Gasteiger partial charge in [0.2, 0.25) is 0 Å². The summed E-state index contributed by atoms with van der Waals surface area (Å²) < 4.78 is 36.2. The quantitative estimate of drug-likeness (QED) is 0.331. The number of amides is 1. The molecule has 2 rings (SSSR count). The van der Waals surface area contributed by atoms with E-state index in [0.717, 1.165) is 36.9 Å². The van der Waals surface area contributed by atoms with Crippen LogP contribution in [0.1, 0.15) is 64.6 Å². The number of aryl methyl sites for hydroxylation is 2. The van der Waals surface area contributed by atoms with Crippen LogP contribution in [0.25, 0.3) is 0 Å². The van der Waals surface area contributed by atoms with E-state index in [0.29, 0.717) is 38.3 Å². The Labute approximate surface area is 201 Å². The standard InChI is InChI=1S/C25H39F2N3O4/c1-18(23(31)33-5)13-16-29(17-21(26)27)14-7-6-10-20-12-11-19-9-8-15-30(22(19)28-20)24(32)34-25(2,3)4/h11-12,18,21H,6-10,13-17H2,1-5H3/t18-/m0/s1. The smallest absolute Gasteiger partial charge is 0.416 e. The molecule has 1 aliphatic rings. The molecular weight excluding hydrogens is 444 g/mol. The Kier molecular flexibility index (Phi) is 10.7. The summed E-state index contributed by atoms with van der Waals surface area (Å²) in [6.07, 6.45) is 1.61. The van der Waals surface area contributed by atoms with Gasteiger partial charge >= 0.3 is 12.1 Å². The highest BCUT2D eigenvalue weighted by molar-refractivity contribution is 5.88. The number of unbranched alkanes of at least 4 members (excludes halogenated alkanes) is 1. The zero-order valence-electron chi connectivity index (χ0n) is 21.1. The largest absolute Gasteiger partial charge is 0.469 e. The molecule has 0 radical (unpaired) electrons. The number of rotatable bonds is 11. The van der Waals surface area contributed by atoms with Crippen LogP contribution in [0, 0.1) is 5.92 Å². The van der Waals surface area contributed by atoms with Crippen molar-refractivity contribution in [2.24, 2.45) is 5.92 Å². The number of ether oxygens (including phenoxy) is 2. The number of hydrogen-bond donors (Lipinski definition) is 0. The summed E-state index contributed by atoms with van der Waals surface area (Å²) in [4.78, 5) is 32.3. The van der Waals surface area contributed by atoms with Gasteiger partial charge in [0.05, 0.1) is 19.6 Å². The van der Waals surface area contributed by atoms with E-state index >= 15 is 0 Å². The topological polar surface area (TPSA) is 72.0 Å². The molecule has 0 bridgehead atoms. The Morgan fingerprint density at radius 3 is 2.59 bits per heavy atom. The number of carbonyl (C=O) groups excluding carboxylic acids is 2. The minimum atomic E-state index is -2.42. The van der Waals surface area contributed by atoms with Crippen LogP contribution in [0.4, 0.5) is 19.4 Å². The van der Waals surface area contributed by atoms with Gasteiger partial charge in [-0.25, -0.2) is 18.6 Å². The Bertz CT molecular complexity index is 814. The van der Waals surface area contributed by atoms with E-state index in [1.54, 1.807) is 16.7 Å². The van der Waals surface area contributed by atoms with Crippen molar-refractivity contribution in [3.8, 4) is 0 Å². The SMILES string of the molecule is COC(=O)[C@@H](C)CCN(CCCCc1ccc2c(n1)N(C(=O)OC(C)(C)C)CCC2)CC(F)F. The summed E-state index contributed by atoms with van der Waals surface area (Å²) >= 11 is 0. The first kappa shape index (κ1) is 28.0. The molecule has 0 saturated heterocycles. The van der Waals surface area contributed by atoms with Gasteiger partial charge in [0.1, 0.15) is 11.4 Å². The van der Waals surface area contributed by atoms with E-state index in [2.05, 4.69) is 0 Å². The molecular formula is C25H39F2N3O4. The van der Waals surface area contributed by atoms with Crippen molar-refractivity contribution in [1.29, 1.82) is 0 Å². The van der Waals surface area contributed by atoms with Crippen LogP contribution >= 0.6 is 0 Å². The fourth-order valence-corrected chi connectivity index (χ4v) is 3.94.